The first-order valence-corrected chi connectivity index (χ1v) is 7.25. The number of benzene rings is 2. The maximum atomic E-state index is 11.0. The van der Waals surface area contributed by atoms with Crippen LogP contribution < -0.4 is 10.5 Å². The number of nitro groups is 1. The Kier molecular flexibility index (Phi) is 5.30. The van der Waals surface area contributed by atoms with Gasteiger partial charge in [0.2, 0.25) is 0 Å². The minimum absolute atomic E-state index is 0.0601. The summed E-state index contributed by atoms with van der Waals surface area (Å²) >= 11 is 3.44. The van der Waals surface area contributed by atoms with Crippen LogP contribution in [-0.2, 0) is 13.0 Å². The first kappa shape index (κ1) is 15.5. The van der Waals surface area contributed by atoms with E-state index in [1.165, 1.54) is 6.07 Å². The van der Waals surface area contributed by atoms with Crippen LogP contribution in [0.4, 0.5) is 5.69 Å². The van der Waals surface area contributed by atoms with E-state index in [2.05, 4.69) is 15.9 Å². The standard InChI is InChI=1S/C15H15BrN2O3/c16-13-6-3-5-11(8-9-17)15(13)21-10-12-4-1-2-7-14(12)18(19)20/h1-7H,8-10,17H2. The molecule has 0 bridgehead atoms. The van der Waals surface area contributed by atoms with Crippen molar-refractivity contribution in [3.05, 3.63) is 68.2 Å². The Hall–Kier alpha value is -1.92. The third-order valence-corrected chi connectivity index (χ3v) is 3.65. The number of nitrogens with zero attached hydrogens (tertiary/aromatic N) is 1. The molecule has 0 saturated heterocycles. The van der Waals surface area contributed by atoms with E-state index in [1.807, 2.05) is 18.2 Å². The van der Waals surface area contributed by atoms with Crippen molar-refractivity contribution in [2.24, 2.45) is 5.73 Å². The van der Waals surface area contributed by atoms with Gasteiger partial charge in [-0.05, 0) is 46.6 Å². The van der Waals surface area contributed by atoms with Gasteiger partial charge >= 0.3 is 0 Å². The fourth-order valence-electron chi connectivity index (χ4n) is 2.03. The summed E-state index contributed by atoms with van der Waals surface area (Å²) in [6, 6.07) is 12.3. The zero-order valence-electron chi connectivity index (χ0n) is 11.3. The molecule has 0 aliphatic heterocycles. The number of nitrogens with two attached hydrogens (primary N) is 1. The van der Waals surface area contributed by atoms with Gasteiger partial charge in [-0.1, -0.05) is 24.3 Å². The monoisotopic (exact) mass is 350 g/mol. The predicted molar refractivity (Wildman–Crippen MR) is 84.3 cm³/mol. The quantitative estimate of drug-likeness (QED) is 0.639. The Morgan fingerprint density at radius 3 is 2.57 bits per heavy atom. The van der Waals surface area contributed by atoms with Crippen molar-refractivity contribution < 1.29 is 9.66 Å². The Morgan fingerprint density at radius 2 is 1.86 bits per heavy atom. The summed E-state index contributed by atoms with van der Waals surface area (Å²) in [6.45, 7) is 0.648. The molecular formula is C15H15BrN2O3. The highest BCUT2D eigenvalue weighted by Crippen LogP contribution is 2.31. The van der Waals surface area contributed by atoms with Gasteiger partial charge in [0.25, 0.3) is 5.69 Å². The predicted octanol–water partition coefficient (Wildman–Crippen LogP) is 3.44. The first-order chi connectivity index (χ1) is 10.1. The summed E-state index contributed by atoms with van der Waals surface area (Å²) in [5.74, 6) is 0.682. The lowest BCUT2D eigenvalue weighted by Gasteiger charge is -2.13. The minimum Gasteiger partial charge on any atom is -0.487 e. The van der Waals surface area contributed by atoms with Gasteiger partial charge in [-0.3, -0.25) is 10.1 Å². The number of rotatable bonds is 6. The van der Waals surface area contributed by atoms with Crippen molar-refractivity contribution in [2.75, 3.05) is 6.54 Å². The molecule has 2 rings (SSSR count). The first-order valence-electron chi connectivity index (χ1n) is 6.46. The molecular weight excluding hydrogens is 336 g/mol. The number of para-hydroxylation sites is 2. The molecule has 5 nitrogen and oxygen atoms in total. The fraction of sp³-hybridized carbons (Fsp3) is 0.200. The molecule has 110 valence electrons. The summed E-state index contributed by atoms with van der Waals surface area (Å²) in [5, 5.41) is 11.0. The van der Waals surface area contributed by atoms with E-state index < -0.39 is 4.92 Å². The van der Waals surface area contributed by atoms with Gasteiger partial charge in [0.1, 0.15) is 12.4 Å². The summed E-state index contributed by atoms with van der Waals surface area (Å²) in [6.07, 6.45) is 0.686. The van der Waals surface area contributed by atoms with Gasteiger partial charge in [0.05, 0.1) is 15.0 Å². The molecule has 0 aromatic heterocycles. The van der Waals surface area contributed by atoms with Crippen LogP contribution in [0.2, 0.25) is 0 Å². The molecule has 2 N–H and O–H groups in total. The molecule has 2 aromatic rings. The molecule has 0 unspecified atom stereocenters. The van der Waals surface area contributed by atoms with Crippen molar-refractivity contribution in [3.63, 3.8) is 0 Å². The van der Waals surface area contributed by atoms with Crippen molar-refractivity contribution in [1.82, 2.24) is 0 Å². The van der Waals surface area contributed by atoms with Crippen LogP contribution in [0.3, 0.4) is 0 Å². The smallest absolute Gasteiger partial charge is 0.276 e. The van der Waals surface area contributed by atoms with Gasteiger partial charge in [-0.15, -0.1) is 0 Å². The van der Waals surface area contributed by atoms with Gasteiger partial charge in [0.15, 0.2) is 0 Å². The number of ether oxygens (including phenoxy) is 1. The number of halogens is 1. The second-order valence-electron chi connectivity index (χ2n) is 4.44. The van der Waals surface area contributed by atoms with Gasteiger partial charge < -0.3 is 10.5 Å². The third kappa shape index (κ3) is 3.80. The summed E-state index contributed by atoms with van der Waals surface area (Å²) in [7, 11) is 0. The molecule has 0 amide bonds. The molecule has 2 aromatic carbocycles. The van der Waals surface area contributed by atoms with Crippen LogP contribution in [0.1, 0.15) is 11.1 Å². The van der Waals surface area contributed by atoms with Crippen molar-refractivity contribution in [1.29, 1.82) is 0 Å². The normalized spacial score (nSPS) is 10.4. The largest absolute Gasteiger partial charge is 0.487 e. The highest BCUT2D eigenvalue weighted by molar-refractivity contribution is 9.10. The van der Waals surface area contributed by atoms with E-state index in [9.17, 15) is 10.1 Å². The van der Waals surface area contributed by atoms with Crippen LogP contribution in [0, 0.1) is 10.1 Å². The van der Waals surface area contributed by atoms with E-state index in [1.54, 1.807) is 18.2 Å². The Bertz CT molecular complexity index is 647. The zero-order valence-corrected chi connectivity index (χ0v) is 12.9. The topological polar surface area (TPSA) is 78.4 Å². The lowest BCUT2D eigenvalue weighted by atomic mass is 10.1. The molecule has 0 fully saturated rings. The molecule has 0 radical (unpaired) electrons. The SMILES string of the molecule is NCCc1cccc(Br)c1OCc1ccccc1[N+](=O)[O-]. The second kappa shape index (κ2) is 7.19. The number of nitro benzene ring substituents is 1. The average Bonchev–Trinajstić information content (AvgIpc) is 2.47. The highest BCUT2D eigenvalue weighted by Gasteiger charge is 2.14. The molecule has 0 spiro atoms. The summed E-state index contributed by atoms with van der Waals surface area (Å²) < 4.78 is 6.60. The second-order valence-corrected chi connectivity index (χ2v) is 5.30. The average molecular weight is 351 g/mol. The van der Waals surface area contributed by atoms with E-state index in [0.29, 0.717) is 24.3 Å². The molecule has 0 saturated carbocycles. The summed E-state index contributed by atoms with van der Waals surface area (Å²) in [4.78, 5) is 10.6. The molecule has 6 heteroatoms. The lowest BCUT2D eigenvalue weighted by molar-refractivity contribution is -0.385. The molecule has 0 aliphatic carbocycles. The third-order valence-electron chi connectivity index (χ3n) is 3.02. The molecule has 21 heavy (non-hydrogen) atoms. The minimum atomic E-state index is -0.403. The summed E-state index contributed by atoms with van der Waals surface area (Å²) in [5.41, 5.74) is 7.17. The fourth-order valence-corrected chi connectivity index (χ4v) is 2.55. The van der Waals surface area contributed by atoms with Crippen LogP contribution in [0.5, 0.6) is 5.75 Å². The van der Waals surface area contributed by atoms with E-state index in [-0.39, 0.29) is 12.3 Å². The van der Waals surface area contributed by atoms with E-state index >= 15 is 0 Å². The van der Waals surface area contributed by atoms with Gasteiger partial charge in [-0.2, -0.15) is 0 Å². The molecule has 0 heterocycles. The van der Waals surface area contributed by atoms with Crippen LogP contribution >= 0.6 is 15.9 Å². The number of hydrogen-bond donors (Lipinski definition) is 1. The van der Waals surface area contributed by atoms with E-state index in [4.69, 9.17) is 10.5 Å². The molecule has 0 aliphatic rings. The Morgan fingerprint density at radius 1 is 1.14 bits per heavy atom. The highest BCUT2D eigenvalue weighted by atomic mass is 79.9. The number of hydrogen-bond acceptors (Lipinski definition) is 4. The van der Waals surface area contributed by atoms with Gasteiger partial charge in [0, 0.05) is 6.07 Å². The van der Waals surface area contributed by atoms with Crippen LogP contribution in [0.15, 0.2) is 46.9 Å². The maximum Gasteiger partial charge on any atom is 0.276 e. The van der Waals surface area contributed by atoms with Crippen LogP contribution in [0.25, 0.3) is 0 Å². The maximum absolute atomic E-state index is 11.0. The van der Waals surface area contributed by atoms with Crippen LogP contribution in [-0.4, -0.2) is 11.5 Å². The van der Waals surface area contributed by atoms with Crippen molar-refractivity contribution >= 4 is 21.6 Å². The van der Waals surface area contributed by atoms with Crippen molar-refractivity contribution in [3.8, 4) is 5.75 Å². The lowest BCUT2D eigenvalue weighted by Crippen LogP contribution is -2.06. The molecule has 0 atom stereocenters. The Labute approximate surface area is 131 Å². The zero-order chi connectivity index (χ0) is 15.2. The van der Waals surface area contributed by atoms with E-state index in [0.717, 1.165) is 10.0 Å². The van der Waals surface area contributed by atoms with Crippen molar-refractivity contribution in [2.45, 2.75) is 13.0 Å². The van der Waals surface area contributed by atoms with Gasteiger partial charge in [-0.25, -0.2) is 0 Å². The Balaban J connectivity index is 2.23.